The van der Waals surface area contributed by atoms with Crippen molar-refractivity contribution in [2.75, 3.05) is 0 Å². The highest BCUT2D eigenvalue weighted by atomic mass is 32.2. The Morgan fingerprint density at radius 2 is 1.94 bits per heavy atom. The van der Waals surface area contributed by atoms with Gasteiger partial charge in [0.25, 0.3) is 0 Å². The smallest absolute Gasteiger partial charge is 0.464 e. The van der Waals surface area contributed by atoms with Gasteiger partial charge in [-0.3, -0.25) is 4.79 Å². The maximum atomic E-state index is 12.6. The average molecular weight is 467 g/mol. The summed E-state index contributed by atoms with van der Waals surface area (Å²) in [4.78, 5) is 23.5. The molecule has 0 aliphatic carbocycles. The highest BCUT2D eigenvalue weighted by Crippen LogP contribution is 2.41. The molecule has 0 saturated carbocycles. The number of alkyl halides is 3. The van der Waals surface area contributed by atoms with E-state index in [4.69, 9.17) is 13.3 Å². The lowest BCUT2D eigenvalue weighted by atomic mass is 9.98. The van der Waals surface area contributed by atoms with Gasteiger partial charge in [-0.2, -0.15) is 13.2 Å². The molecule has 170 valence electrons. The largest absolute Gasteiger partial charge is 0.479 e. The third-order valence-corrected chi connectivity index (χ3v) is 4.58. The summed E-state index contributed by atoms with van der Waals surface area (Å²) in [5.41, 5.74) is -3.16. The Kier molecular flexibility index (Phi) is 6.73. The van der Waals surface area contributed by atoms with Crippen LogP contribution >= 0.6 is 12.0 Å². The second-order valence-corrected chi connectivity index (χ2v) is 8.59. The first-order valence-corrected chi connectivity index (χ1v) is 10.2. The molecule has 0 fully saturated rings. The molecule has 0 bridgehead atoms. The van der Waals surface area contributed by atoms with Crippen LogP contribution in [0.2, 0.25) is 0 Å². The summed E-state index contributed by atoms with van der Waals surface area (Å²) in [6.45, 7) is 5.46. The number of amides is 1. The van der Waals surface area contributed by atoms with Crippen LogP contribution in [-0.4, -0.2) is 23.5 Å². The van der Waals surface area contributed by atoms with Crippen molar-refractivity contribution in [1.82, 2.24) is 5.32 Å². The van der Waals surface area contributed by atoms with Gasteiger partial charge in [-0.05, 0) is 50.1 Å². The maximum Gasteiger partial charge on any atom is 0.479 e. The first-order chi connectivity index (χ1) is 15.0. The zero-order valence-corrected chi connectivity index (χ0v) is 18.2. The van der Waals surface area contributed by atoms with Crippen LogP contribution in [0.5, 0.6) is 5.75 Å². The molecule has 6 nitrogen and oxygen atoms in total. The van der Waals surface area contributed by atoms with Crippen molar-refractivity contribution < 1.29 is 36.1 Å². The van der Waals surface area contributed by atoms with Gasteiger partial charge in [0, 0.05) is 12.1 Å². The number of alkyl carbamates (subject to hydrolysis) is 1. The average Bonchev–Trinajstić information content (AvgIpc) is 3.18. The van der Waals surface area contributed by atoms with Gasteiger partial charge in [0.2, 0.25) is 0 Å². The summed E-state index contributed by atoms with van der Waals surface area (Å²) in [5.74, 6) is -0.224. The van der Waals surface area contributed by atoms with Gasteiger partial charge in [0.1, 0.15) is 11.2 Å². The van der Waals surface area contributed by atoms with Crippen LogP contribution in [0.1, 0.15) is 36.7 Å². The van der Waals surface area contributed by atoms with Gasteiger partial charge in [-0.25, -0.2) is 4.79 Å². The number of ether oxygens (including phenoxy) is 1. The van der Waals surface area contributed by atoms with E-state index < -0.39 is 29.2 Å². The molecular weight excluding hydrogens is 447 g/mol. The van der Waals surface area contributed by atoms with E-state index in [2.05, 4.69) is 5.32 Å². The zero-order valence-electron chi connectivity index (χ0n) is 17.4. The molecule has 1 heterocycles. The number of nitrogens with one attached hydrogen (secondary N) is 1. The molecule has 1 aromatic heterocycles. The zero-order chi connectivity index (χ0) is 23.5. The highest BCUT2D eigenvalue weighted by Gasteiger charge is 2.32. The van der Waals surface area contributed by atoms with Gasteiger partial charge in [-0.15, -0.1) is 0 Å². The van der Waals surface area contributed by atoms with Crippen LogP contribution in [-0.2, 0) is 11.3 Å². The summed E-state index contributed by atoms with van der Waals surface area (Å²) in [6, 6.07) is 9.92. The lowest BCUT2D eigenvalue weighted by molar-refractivity contribution is -0.0369. The molecule has 3 aromatic rings. The SMILES string of the molecule is CC(C)(C)OC(=O)NCc1cccc(-c2cc(C=O)c(OSC(F)(F)F)c3ccoc23)c1. The lowest BCUT2D eigenvalue weighted by Gasteiger charge is -2.19. The fourth-order valence-electron chi connectivity index (χ4n) is 2.96. The summed E-state index contributed by atoms with van der Waals surface area (Å²) < 4.78 is 53.3. The van der Waals surface area contributed by atoms with Crippen LogP contribution in [0.3, 0.4) is 0 Å². The van der Waals surface area contributed by atoms with Gasteiger partial charge >= 0.3 is 11.6 Å². The molecule has 0 spiro atoms. The molecule has 2 aromatic carbocycles. The van der Waals surface area contributed by atoms with Crippen LogP contribution in [0.15, 0.2) is 47.1 Å². The highest BCUT2D eigenvalue weighted by molar-refractivity contribution is 7.95. The number of carbonyl (C=O) groups excluding carboxylic acids is 2. The van der Waals surface area contributed by atoms with E-state index >= 15 is 0 Å². The molecule has 0 saturated heterocycles. The minimum atomic E-state index is -4.63. The third-order valence-electron chi connectivity index (χ3n) is 4.14. The van der Waals surface area contributed by atoms with E-state index in [1.165, 1.54) is 18.4 Å². The van der Waals surface area contributed by atoms with Crippen molar-refractivity contribution in [3.8, 4) is 16.9 Å². The van der Waals surface area contributed by atoms with Crippen LogP contribution in [0, 0.1) is 0 Å². The number of benzene rings is 2. The van der Waals surface area contributed by atoms with E-state index in [1.54, 1.807) is 45.0 Å². The predicted molar refractivity (Wildman–Crippen MR) is 114 cm³/mol. The van der Waals surface area contributed by atoms with Gasteiger partial charge < -0.3 is 18.7 Å². The van der Waals surface area contributed by atoms with Crippen molar-refractivity contribution in [2.45, 2.75) is 38.4 Å². The molecular formula is C22H20F3NO5S. The van der Waals surface area contributed by atoms with Crippen molar-refractivity contribution >= 4 is 35.4 Å². The second-order valence-electron chi connectivity index (χ2n) is 7.79. The Balaban J connectivity index is 1.92. The lowest BCUT2D eigenvalue weighted by Crippen LogP contribution is -2.32. The number of fused-ring (bicyclic) bond motifs is 1. The standard InChI is InChI=1S/C22H20F3NO5S/c1-21(2,3)30-20(28)26-11-13-5-4-6-14(9-13)17-10-15(12-27)18(31-32-22(23,24)25)16-7-8-29-19(16)17/h4-10,12H,11H2,1-3H3,(H,26,28). The van der Waals surface area contributed by atoms with E-state index in [1.807, 2.05) is 0 Å². The third kappa shape index (κ3) is 5.97. The number of furan rings is 1. The van der Waals surface area contributed by atoms with Crippen molar-refractivity contribution in [2.24, 2.45) is 0 Å². The van der Waals surface area contributed by atoms with Crippen LogP contribution in [0.25, 0.3) is 22.1 Å². The predicted octanol–water partition coefficient (Wildman–Crippen LogP) is 6.48. The molecule has 32 heavy (non-hydrogen) atoms. The van der Waals surface area contributed by atoms with E-state index in [0.29, 0.717) is 17.4 Å². The molecule has 0 aliphatic heterocycles. The first kappa shape index (κ1) is 23.5. The Morgan fingerprint density at radius 3 is 2.59 bits per heavy atom. The Morgan fingerprint density at radius 1 is 1.19 bits per heavy atom. The molecule has 1 N–H and O–H groups in total. The quantitative estimate of drug-likeness (QED) is 0.330. The topological polar surface area (TPSA) is 77.8 Å². The van der Waals surface area contributed by atoms with E-state index in [0.717, 1.165) is 5.56 Å². The number of rotatable bonds is 6. The Bertz CT molecular complexity index is 1130. The second kappa shape index (κ2) is 9.15. The summed E-state index contributed by atoms with van der Waals surface area (Å²) >= 11 is -0.701. The van der Waals surface area contributed by atoms with E-state index in [9.17, 15) is 22.8 Å². The van der Waals surface area contributed by atoms with Gasteiger partial charge in [0.05, 0.1) is 17.2 Å². The Hall–Kier alpha value is -3.14. The number of hydrogen-bond donors (Lipinski definition) is 1. The van der Waals surface area contributed by atoms with Crippen molar-refractivity contribution in [1.29, 1.82) is 0 Å². The number of carbonyl (C=O) groups is 2. The minimum absolute atomic E-state index is 0.0528. The molecule has 0 atom stereocenters. The number of aldehydes is 1. The van der Waals surface area contributed by atoms with Gasteiger partial charge in [-0.1, -0.05) is 18.2 Å². The monoisotopic (exact) mass is 467 g/mol. The molecule has 10 heteroatoms. The number of hydrogen-bond acceptors (Lipinski definition) is 6. The molecule has 0 radical (unpaired) electrons. The Labute approximate surface area is 186 Å². The van der Waals surface area contributed by atoms with Gasteiger partial charge in [0.15, 0.2) is 24.1 Å². The normalized spacial score (nSPS) is 11.9. The summed E-state index contributed by atoms with van der Waals surface area (Å²) in [6.07, 6.45) is 1.17. The molecule has 1 amide bonds. The first-order valence-electron chi connectivity index (χ1n) is 9.45. The van der Waals surface area contributed by atoms with Crippen LogP contribution < -0.4 is 9.50 Å². The fraction of sp³-hybridized carbons (Fsp3) is 0.273. The number of halogens is 3. The molecule has 0 unspecified atom stereocenters. The summed E-state index contributed by atoms with van der Waals surface area (Å²) in [5, 5.41) is 2.89. The maximum absolute atomic E-state index is 12.6. The minimum Gasteiger partial charge on any atom is -0.464 e. The van der Waals surface area contributed by atoms with Crippen molar-refractivity contribution in [3.63, 3.8) is 0 Å². The molecule has 3 rings (SSSR count). The molecule has 0 aliphatic rings. The summed E-state index contributed by atoms with van der Waals surface area (Å²) in [7, 11) is 0. The fourth-order valence-corrected chi connectivity index (χ4v) is 3.32. The van der Waals surface area contributed by atoms with Crippen LogP contribution in [0.4, 0.5) is 18.0 Å². The van der Waals surface area contributed by atoms with Crippen molar-refractivity contribution in [3.05, 3.63) is 53.8 Å². The van der Waals surface area contributed by atoms with E-state index in [-0.39, 0.29) is 28.8 Å².